The van der Waals surface area contributed by atoms with Crippen molar-refractivity contribution in [3.63, 3.8) is 0 Å². The first kappa shape index (κ1) is 24.3. The molecule has 1 fully saturated rings. The van der Waals surface area contributed by atoms with Gasteiger partial charge in [-0.3, -0.25) is 4.90 Å². The summed E-state index contributed by atoms with van der Waals surface area (Å²) in [5.41, 5.74) is 3.51. The van der Waals surface area contributed by atoms with Crippen LogP contribution in [0.1, 0.15) is 23.6 Å². The lowest BCUT2D eigenvalue weighted by Gasteiger charge is -2.36. The molecule has 0 amide bonds. The van der Waals surface area contributed by atoms with Gasteiger partial charge in [0.25, 0.3) is 0 Å². The normalized spacial score (nSPS) is 14.1. The van der Waals surface area contributed by atoms with Crippen LogP contribution in [-0.4, -0.2) is 47.6 Å². The van der Waals surface area contributed by atoms with E-state index in [1.807, 2.05) is 19.1 Å². The second kappa shape index (κ2) is 11.5. The molecule has 1 heterocycles. The van der Waals surface area contributed by atoms with Gasteiger partial charge in [0.15, 0.2) is 11.5 Å². The number of piperazine rings is 1. The Balaban J connectivity index is 1.24. The molecular formula is C31H32N2O2S. The number of fused-ring (bicyclic) bond motifs is 1. The summed E-state index contributed by atoms with van der Waals surface area (Å²) < 4.78 is 12.2. The quantitative estimate of drug-likeness (QED) is 0.266. The lowest BCUT2D eigenvalue weighted by molar-refractivity contribution is 0.177. The number of ether oxygens (including phenoxy) is 2. The van der Waals surface area contributed by atoms with E-state index in [4.69, 9.17) is 21.7 Å². The second-order valence-corrected chi connectivity index (χ2v) is 9.46. The molecule has 0 unspecified atom stereocenters. The molecular weight excluding hydrogens is 464 g/mol. The van der Waals surface area contributed by atoms with E-state index >= 15 is 0 Å². The van der Waals surface area contributed by atoms with Gasteiger partial charge in [0, 0.05) is 38.3 Å². The Bertz CT molecular complexity index is 1310. The minimum absolute atomic E-state index is 0.481. The van der Waals surface area contributed by atoms with Crippen molar-refractivity contribution >= 4 is 28.0 Å². The first-order valence-corrected chi connectivity index (χ1v) is 13.0. The van der Waals surface area contributed by atoms with Crippen LogP contribution in [0.5, 0.6) is 11.5 Å². The van der Waals surface area contributed by atoms with E-state index in [2.05, 4.69) is 88.7 Å². The van der Waals surface area contributed by atoms with Gasteiger partial charge in [-0.2, -0.15) is 0 Å². The van der Waals surface area contributed by atoms with E-state index in [9.17, 15) is 0 Å². The van der Waals surface area contributed by atoms with E-state index in [1.54, 1.807) is 0 Å². The van der Waals surface area contributed by atoms with Gasteiger partial charge in [-0.25, -0.2) is 0 Å². The summed E-state index contributed by atoms with van der Waals surface area (Å²) in [4.78, 5) is 5.67. The SMILES string of the molecule is CCOc1cc(C(=S)N2CCN(Cc3ccccc3)CC2)ccc1OCc1cccc2ccccc12. The molecule has 184 valence electrons. The maximum atomic E-state index is 6.25. The molecule has 4 nitrogen and oxygen atoms in total. The maximum Gasteiger partial charge on any atom is 0.161 e. The smallest absolute Gasteiger partial charge is 0.161 e. The second-order valence-electron chi connectivity index (χ2n) is 9.08. The first-order chi connectivity index (χ1) is 17.7. The molecule has 1 saturated heterocycles. The number of benzene rings is 4. The zero-order chi connectivity index (χ0) is 24.7. The van der Waals surface area contributed by atoms with Crippen LogP contribution in [0, 0.1) is 0 Å². The fraction of sp³-hybridized carbons (Fsp3) is 0.258. The van der Waals surface area contributed by atoms with Gasteiger partial charge >= 0.3 is 0 Å². The molecule has 5 rings (SSSR count). The average molecular weight is 497 g/mol. The van der Waals surface area contributed by atoms with Crippen molar-refractivity contribution in [2.45, 2.75) is 20.1 Å². The van der Waals surface area contributed by atoms with Gasteiger partial charge in [0.1, 0.15) is 11.6 Å². The highest BCUT2D eigenvalue weighted by atomic mass is 32.1. The Kier molecular flexibility index (Phi) is 7.79. The van der Waals surface area contributed by atoms with Crippen LogP contribution in [0.4, 0.5) is 0 Å². The predicted octanol–water partition coefficient (Wildman–Crippen LogP) is 6.31. The fourth-order valence-corrected chi connectivity index (χ4v) is 5.05. The molecule has 1 aliphatic rings. The molecule has 5 heteroatoms. The molecule has 0 atom stereocenters. The van der Waals surface area contributed by atoms with Crippen LogP contribution in [0.3, 0.4) is 0 Å². The van der Waals surface area contributed by atoms with Crippen LogP contribution < -0.4 is 9.47 Å². The lowest BCUT2D eigenvalue weighted by atomic mass is 10.1. The van der Waals surface area contributed by atoms with Gasteiger partial charge in [0.2, 0.25) is 0 Å². The molecule has 36 heavy (non-hydrogen) atoms. The lowest BCUT2D eigenvalue weighted by Crippen LogP contribution is -2.48. The molecule has 0 aliphatic carbocycles. The van der Waals surface area contributed by atoms with Crippen molar-refractivity contribution in [1.29, 1.82) is 0 Å². The minimum atomic E-state index is 0.481. The van der Waals surface area contributed by atoms with Crippen molar-refractivity contribution < 1.29 is 9.47 Å². The molecule has 4 aromatic rings. The third kappa shape index (κ3) is 5.69. The summed E-state index contributed by atoms with van der Waals surface area (Å²) in [6, 6.07) is 31.4. The van der Waals surface area contributed by atoms with E-state index in [-0.39, 0.29) is 0 Å². The maximum absolute atomic E-state index is 6.25. The van der Waals surface area contributed by atoms with Gasteiger partial charge in [0.05, 0.1) is 6.61 Å². The van der Waals surface area contributed by atoms with Crippen molar-refractivity contribution in [1.82, 2.24) is 9.80 Å². The summed E-state index contributed by atoms with van der Waals surface area (Å²) >= 11 is 5.90. The standard InChI is InChI=1S/C31H32N2O2S/c1-2-34-30-21-26(31(36)33-19-17-32(18-20-33)22-24-9-4-3-5-10-24)15-16-29(30)35-23-27-13-8-12-25-11-6-7-14-28(25)27/h3-16,21H,2,17-20,22-23H2,1H3. The van der Waals surface area contributed by atoms with Crippen LogP contribution in [0.25, 0.3) is 10.8 Å². The Morgan fingerprint density at radius 3 is 2.33 bits per heavy atom. The molecule has 0 spiro atoms. The Morgan fingerprint density at radius 1 is 0.778 bits per heavy atom. The summed E-state index contributed by atoms with van der Waals surface area (Å²) in [5, 5.41) is 2.43. The molecule has 0 N–H and O–H groups in total. The number of hydrogen-bond donors (Lipinski definition) is 0. The highest BCUT2D eigenvalue weighted by Crippen LogP contribution is 2.31. The molecule has 1 aliphatic heterocycles. The van der Waals surface area contributed by atoms with Gasteiger partial charge < -0.3 is 14.4 Å². The highest BCUT2D eigenvalue weighted by molar-refractivity contribution is 7.80. The fourth-order valence-electron chi connectivity index (χ4n) is 4.74. The monoisotopic (exact) mass is 496 g/mol. The summed E-state index contributed by atoms with van der Waals surface area (Å²) in [5.74, 6) is 1.48. The van der Waals surface area contributed by atoms with Gasteiger partial charge in [-0.1, -0.05) is 85.0 Å². The minimum Gasteiger partial charge on any atom is -0.490 e. The summed E-state index contributed by atoms with van der Waals surface area (Å²) in [6.07, 6.45) is 0. The van der Waals surface area contributed by atoms with Gasteiger partial charge in [-0.15, -0.1) is 0 Å². The molecule has 0 radical (unpaired) electrons. The van der Waals surface area contributed by atoms with E-state index in [0.717, 1.165) is 60.3 Å². The zero-order valence-electron chi connectivity index (χ0n) is 20.7. The number of rotatable bonds is 8. The van der Waals surface area contributed by atoms with Crippen LogP contribution in [0.2, 0.25) is 0 Å². The van der Waals surface area contributed by atoms with Crippen molar-refractivity contribution in [3.8, 4) is 11.5 Å². The van der Waals surface area contributed by atoms with Crippen molar-refractivity contribution in [2.75, 3.05) is 32.8 Å². The largest absolute Gasteiger partial charge is 0.490 e. The number of nitrogens with zero attached hydrogens (tertiary/aromatic N) is 2. The Morgan fingerprint density at radius 2 is 1.53 bits per heavy atom. The summed E-state index contributed by atoms with van der Waals surface area (Å²) in [7, 11) is 0. The summed E-state index contributed by atoms with van der Waals surface area (Å²) in [6.45, 7) is 7.88. The van der Waals surface area contributed by atoms with Crippen LogP contribution >= 0.6 is 12.2 Å². The molecule has 0 bridgehead atoms. The van der Waals surface area contributed by atoms with Crippen LogP contribution in [-0.2, 0) is 13.2 Å². The molecule has 0 aromatic heterocycles. The van der Waals surface area contributed by atoms with Gasteiger partial charge in [-0.05, 0) is 47.0 Å². The molecule has 4 aromatic carbocycles. The average Bonchev–Trinajstić information content (AvgIpc) is 2.93. The zero-order valence-corrected chi connectivity index (χ0v) is 21.5. The van der Waals surface area contributed by atoms with E-state index in [1.165, 1.54) is 16.3 Å². The topological polar surface area (TPSA) is 24.9 Å². The molecule has 0 saturated carbocycles. The Hall–Kier alpha value is -3.41. The third-order valence-corrected chi connectivity index (χ3v) is 7.16. The number of thiocarbonyl (C=S) groups is 1. The van der Waals surface area contributed by atoms with Crippen molar-refractivity contribution in [3.05, 3.63) is 108 Å². The highest BCUT2D eigenvalue weighted by Gasteiger charge is 2.21. The third-order valence-electron chi connectivity index (χ3n) is 6.66. The van der Waals surface area contributed by atoms with Crippen molar-refractivity contribution in [2.24, 2.45) is 0 Å². The van der Waals surface area contributed by atoms with E-state index in [0.29, 0.717) is 13.2 Å². The Labute approximate surface area is 219 Å². The van der Waals surface area contributed by atoms with E-state index < -0.39 is 0 Å². The number of hydrogen-bond acceptors (Lipinski definition) is 4. The predicted molar refractivity (Wildman–Crippen MR) is 151 cm³/mol. The first-order valence-electron chi connectivity index (χ1n) is 12.6. The van der Waals surface area contributed by atoms with Crippen LogP contribution in [0.15, 0.2) is 91.0 Å².